The third kappa shape index (κ3) is 4.97. The fourth-order valence-electron chi connectivity index (χ4n) is 2.61. The van der Waals surface area contributed by atoms with Crippen LogP contribution in [0, 0.1) is 0 Å². The smallest absolute Gasteiger partial charge is 0.416 e. The van der Waals surface area contributed by atoms with E-state index in [-0.39, 0.29) is 5.75 Å². The van der Waals surface area contributed by atoms with E-state index in [9.17, 15) is 31.1 Å². The highest BCUT2D eigenvalue weighted by Gasteiger charge is 2.37. The Labute approximate surface area is 165 Å². The molecule has 0 bridgehead atoms. The molecular weight excluding hydrogens is 418 g/mol. The van der Waals surface area contributed by atoms with Gasteiger partial charge in [-0.2, -0.15) is 26.3 Å². The van der Waals surface area contributed by atoms with Gasteiger partial charge in [0, 0.05) is 10.4 Å². The van der Waals surface area contributed by atoms with Crippen molar-refractivity contribution in [3.63, 3.8) is 0 Å². The Kier molecular flexibility index (Phi) is 5.70. The molecule has 1 heterocycles. The monoisotopic (exact) mass is 430 g/mol. The molecule has 0 aliphatic rings. The highest BCUT2D eigenvalue weighted by atomic mass is 32.1. The number of halogens is 6. The molecule has 2 nitrogen and oxygen atoms in total. The number of hydrogen-bond donors (Lipinski definition) is 0. The van der Waals surface area contributed by atoms with Gasteiger partial charge in [0.2, 0.25) is 0 Å². The van der Waals surface area contributed by atoms with Gasteiger partial charge in [-0.1, -0.05) is 0 Å². The first-order chi connectivity index (χ1) is 13.6. The maximum absolute atomic E-state index is 13.1. The summed E-state index contributed by atoms with van der Waals surface area (Å²) < 4.78 is 83.2. The molecule has 9 heteroatoms. The Morgan fingerprint density at radius 1 is 0.862 bits per heavy atom. The van der Waals surface area contributed by atoms with Crippen LogP contribution in [0.4, 0.5) is 26.3 Å². The molecule has 0 amide bonds. The summed E-state index contributed by atoms with van der Waals surface area (Å²) in [5.41, 5.74) is -2.19. The van der Waals surface area contributed by atoms with E-state index in [4.69, 9.17) is 4.74 Å². The molecule has 0 fully saturated rings. The quantitative estimate of drug-likeness (QED) is 0.327. The molecule has 0 atom stereocenters. The lowest BCUT2D eigenvalue weighted by atomic mass is 10.0. The summed E-state index contributed by atoms with van der Waals surface area (Å²) >= 11 is 1.27. The Balaban J connectivity index is 1.80. The molecule has 152 valence electrons. The minimum atomic E-state index is -4.80. The van der Waals surface area contributed by atoms with Crippen LogP contribution in [0.15, 0.2) is 54.6 Å². The molecule has 0 saturated carbocycles. The van der Waals surface area contributed by atoms with Gasteiger partial charge in [-0.15, -0.1) is 11.3 Å². The Hall–Kier alpha value is -2.81. The van der Waals surface area contributed by atoms with Gasteiger partial charge in [0.15, 0.2) is 6.29 Å². The Morgan fingerprint density at radius 2 is 1.55 bits per heavy atom. The van der Waals surface area contributed by atoms with Crippen LogP contribution in [0.2, 0.25) is 0 Å². The number of rotatable bonds is 5. The van der Waals surface area contributed by atoms with Crippen molar-refractivity contribution in [2.45, 2.75) is 19.0 Å². The molecule has 3 aromatic rings. The molecule has 0 aliphatic carbocycles. The van der Waals surface area contributed by atoms with E-state index < -0.39 is 35.6 Å². The summed E-state index contributed by atoms with van der Waals surface area (Å²) in [7, 11) is 0. The maximum Gasteiger partial charge on any atom is 0.416 e. The fourth-order valence-corrected chi connectivity index (χ4v) is 3.44. The third-order valence-corrected chi connectivity index (χ3v) is 5.07. The number of aldehydes is 1. The highest BCUT2D eigenvalue weighted by Crippen LogP contribution is 2.37. The number of ether oxygens (including phenoxy) is 1. The van der Waals surface area contributed by atoms with Crippen molar-refractivity contribution in [2.24, 2.45) is 0 Å². The SMILES string of the molecule is O=Cc1ccc(-c2ccc(OCc3cc(C(F)(F)F)ccc3C(F)(F)F)cc2)s1. The van der Waals surface area contributed by atoms with Gasteiger partial charge < -0.3 is 4.74 Å². The molecule has 0 unspecified atom stereocenters. The second-order valence-electron chi connectivity index (χ2n) is 6.00. The van der Waals surface area contributed by atoms with E-state index in [0.717, 1.165) is 16.7 Å². The summed E-state index contributed by atoms with van der Waals surface area (Å²) in [4.78, 5) is 12.1. The molecule has 0 spiro atoms. The largest absolute Gasteiger partial charge is 0.489 e. The van der Waals surface area contributed by atoms with Crippen molar-refractivity contribution < 1.29 is 35.9 Å². The predicted octanol–water partition coefficient (Wildman–Crippen LogP) is 6.84. The zero-order valence-electron chi connectivity index (χ0n) is 14.5. The van der Waals surface area contributed by atoms with E-state index in [0.29, 0.717) is 23.1 Å². The van der Waals surface area contributed by atoms with Gasteiger partial charge in [-0.25, -0.2) is 0 Å². The topological polar surface area (TPSA) is 26.3 Å². The summed E-state index contributed by atoms with van der Waals surface area (Å²) in [6.07, 6.45) is -8.84. The lowest BCUT2D eigenvalue weighted by Crippen LogP contribution is -2.14. The molecule has 1 aromatic heterocycles. The number of thiophene rings is 1. The van der Waals surface area contributed by atoms with Gasteiger partial charge in [-0.05, 0) is 60.2 Å². The molecular formula is C20H12F6O2S. The van der Waals surface area contributed by atoms with Gasteiger partial charge in [0.25, 0.3) is 0 Å². The van der Waals surface area contributed by atoms with E-state index in [1.807, 2.05) is 0 Å². The zero-order chi connectivity index (χ0) is 21.2. The zero-order valence-corrected chi connectivity index (χ0v) is 15.3. The summed E-state index contributed by atoms with van der Waals surface area (Å²) in [6, 6.07) is 10.9. The van der Waals surface area contributed by atoms with E-state index in [1.165, 1.54) is 23.5 Å². The summed E-state index contributed by atoms with van der Waals surface area (Å²) in [6.45, 7) is -0.674. The number of carbonyl (C=O) groups is 1. The summed E-state index contributed by atoms with van der Waals surface area (Å²) in [5, 5.41) is 0. The van der Waals surface area contributed by atoms with Gasteiger partial charge in [-0.3, -0.25) is 4.79 Å². The predicted molar refractivity (Wildman–Crippen MR) is 95.9 cm³/mol. The second-order valence-corrected chi connectivity index (χ2v) is 7.12. The third-order valence-electron chi connectivity index (χ3n) is 4.01. The number of alkyl halides is 6. The van der Waals surface area contributed by atoms with Crippen LogP contribution in [0.5, 0.6) is 5.75 Å². The maximum atomic E-state index is 13.1. The van der Waals surface area contributed by atoms with Crippen LogP contribution in [0.1, 0.15) is 26.4 Å². The fraction of sp³-hybridized carbons (Fsp3) is 0.150. The first-order valence-electron chi connectivity index (χ1n) is 8.13. The van der Waals surface area contributed by atoms with Gasteiger partial charge >= 0.3 is 12.4 Å². The minimum Gasteiger partial charge on any atom is -0.489 e. The standard InChI is InChI=1S/C20H12F6O2S/c21-19(22,23)14-3-7-17(20(24,25)26)13(9-14)11-28-15-4-1-12(2-5-15)18-8-6-16(10-27)29-18/h1-10H,11H2. The highest BCUT2D eigenvalue weighted by molar-refractivity contribution is 7.17. The molecule has 0 saturated heterocycles. The van der Waals surface area contributed by atoms with Gasteiger partial charge in [0.1, 0.15) is 12.4 Å². The number of hydrogen-bond acceptors (Lipinski definition) is 3. The average molecular weight is 430 g/mol. The summed E-state index contributed by atoms with van der Waals surface area (Å²) in [5.74, 6) is 0.200. The van der Waals surface area contributed by atoms with E-state index in [2.05, 4.69) is 0 Å². The normalized spacial score (nSPS) is 12.1. The Bertz CT molecular complexity index is 1000. The van der Waals surface area contributed by atoms with Crippen molar-refractivity contribution in [3.05, 3.63) is 76.2 Å². The van der Waals surface area contributed by atoms with E-state index >= 15 is 0 Å². The molecule has 0 N–H and O–H groups in total. The lowest BCUT2D eigenvalue weighted by Gasteiger charge is -2.16. The second kappa shape index (κ2) is 7.90. The Morgan fingerprint density at radius 3 is 2.10 bits per heavy atom. The lowest BCUT2D eigenvalue weighted by molar-refractivity contribution is -0.142. The van der Waals surface area contributed by atoms with Crippen LogP contribution in [0.25, 0.3) is 10.4 Å². The number of benzene rings is 2. The molecule has 29 heavy (non-hydrogen) atoms. The van der Waals surface area contributed by atoms with Crippen molar-refractivity contribution >= 4 is 17.6 Å². The van der Waals surface area contributed by atoms with Crippen LogP contribution in [-0.2, 0) is 19.0 Å². The average Bonchev–Trinajstić information content (AvgIpc) is 3.14. The molecule has 2 aromatic carbocycles. The van der Waals surface area contributed by atoms with Gasteiger partial charge in [0.05, 0.1) is 16.0 Å². The molecule has 3 rings (SSSR count). The molecule has 0 aliphatic heterocycles. The van der Waals surface area contributed by atoms with Crippen LogP contribution in [0.3, 0.4) is 0 Å². The van der Waals surface area contributed by atoms with Crippen LogP contribution < -0.4 is 4.74 Å². The first-order valence-corrected chi connectivity index (χ1v) is 8.95. The number of carbonyl (C=O) groups excluding carboxylic acids is 1. The van der Waals surface area contributed by atoms with Crippen molar-refractivity contribution in [1.82, 2.24) is 0 Å². The van der Waals surface area contributed by atoms with Crippen LogP contribution in [-0.4, -0.2) is 6.29 Å². The minimum absolute atomic E-state index is 0.200. The van der Waals surface area contributed by atoms with E-state index in [1.54, 1.807) is 24.3 Å². The molecule has 0 radical (unpaired) electrons. The van der Waals surface area contributed by atoms with Crippen molar-refractivity contribution in [3.8, 4) is 16.2 Å². The van der Waals surface area contributed by atoms with Crippen molar-refractivity contribution in [2.75, 3.05) is 0 Å². The van der Waals surface area contributed by atoms with Crippen LogP contribution >= 0.6 is 11.3 Å². The first kappa shape index (κ1) is 20.9. The van der Waals surface area contributed by atoms with Crippen molar-refractivity contribution in [1.29, 1.82) is 0 Å².